The number of carbonyl (C=O) groups is 1. The van der Waals surface area contributed by atoms with E-state index in [1.165, 1.54) is 0 Å². The predicted molar refractivity (Wildman–Crippen MR) is 74.6 cm³/mol. The second-order valence-electron chi connectivity index (χ2n) is 5.63. The van der Waals surface area contributed by atoms with Gasteiger partial charge in [-0.05, 0) is 53.4 Å². The van der Waals surface area contributed by atoms with Crippen molar-refractivity contribution in [3.05, 3.63) is 25.3 Å². The molecule has 0 atom stereocenters. The van der Waals surface area contributed by atoms with E-state index < -0.39 is 17.4 Å². The third kappa shape index (κ3) is 7.93. The standard InChI is InChI=1S/C15H26O3/c1-7-9-11-14(3,4)17-13(16)18-15(5,6)12-10-8-2/h7-8H,1-2,9-12H2,3-6H3. The summed E-state index contributed by atoms with van der Waals surface area (Å²) < 4.78 is 10.6. The van der Waals surface area contributed by atoms with Crippen LogP contribution in [0.25, 0.3) is 0 Å². The van der Waals surface area contributed by atoms with Crippen LogP contribution in [-0.2, 0) is 9.47 Å². The van der Waals surface area contributed by atoms with Crippen molar-refractivity contribution < 1.29 is 14.3 Å². The molecule has 0 aliphatic carbocycles. The monoisotopic (exact) mass is 254 g/mol. The Labute approximate surface area is 111 Å². The Hall–Kier alpha value is -1.25. The molecular weight excluding hydrogens is 228 g/mol. The second-order valence-corrected chi connectivity index (χ2v) is 5.63. The summed E-state index contributed by atoms with van der Waals surface area (Å²) in [4.78, 5) is 11.7. The minimum Gasteiger partial charge on any atom is -0.428 e. The van der Waals surface area contributed by atoms with Crippen LogP contribution in [0.15, 0.2) is 25.3 Å². The topological polar surface area (TPSA) is 35.5 Å². The molecule has 0 aromatic rings. The lowest BCUT2D eigenvalue weighted by molar-refractivity contribution is -0.0628. The van der Waals surface area contributed by atoms with Crippen molar-refractivity contribution in [2.45, 2.75) is 64.6 Å². The van der Waals surface area contributed by atoms with E-state index in [1.807, 2.05) is 39.8 Å². The molecule has 3 nitrogen and oxygen atoms in total. The average Bonchev–Trinajstić information content (AvgIpc) is 2.22. The molecule has 0 saturated carbocycles. The highest BCUT2D eigenvalue weighted by atomic mass is 16.7. The van der Waals surface area contributed by atoms with Gasteiger partial charge in [0.1, 0.15) is 11.2 Å². The van der Waals surface area contributed by atoms with Crippen molar-refractivity contribution in [2.75, 3.05) is 0 Å². The third-order valence-electron chi connectivity index (χ3n) is 2.62. The molecule has 0 saturated heterocycles. The summed E-state index contributed by atoms with van der Waals surface area (Å²) >= 11 is 0. The van der Waals surface area contributed by atoms with Crippen LogP contribution in [0.3, 0.4) is 0 Å². The molecule has 0 aromatic carbocycles. The maximum absolute atomic E-state index is 11.7. The molecule has 0 fully saturated rings. The fourth-order valence-corrected chi connectivity index (χ4v) is 1.47. The summed E-state index contributed by atoms with van der Waals surface area (Å²) in [6.07, 6.45) is 6.09. The fourth-order valence-electron chi connectivity index (χ4n) is 1.47. The molecule has 0 N–H and O–H groups in total. The molecule has 3 heteroatoms. The van der Waals surface area contributed by atoms with E-state index in [2.05, 4.69) is 13.2 Å². The molecule has 0 aliphatic heterocycles. The molecule has 0 aromatic heterocycles. The first kappa shape index (κ1) is 16.8. The minimum atomic E-state index is -0.613. The average molecular weight is 254 g/mol. The summed E-state index contributed by atoms with van der Waals surface area (Å²) in [5.74, 6) is 0. The number of carbonyl (C=O) groups excluding carboxylic acids is 1. The number of hydrogen-bond donors (Lipinski definition) is 0. The van der Waals surface area contributed by atoms with Crippen molar-refractivity contribution in [1.82, 2.24) is 0 Å². The first-order valence-electron chi connectivity index (χ1n) is 6.36. The third-order valence-corrected chi connectivity index (χ3v) is 2.62. The zero-order valence-corrected chi connectivity index (χ0v) is 12.1. The van der Waals surface area contributed by atoms with Crippen molar-refractivity contribution in [1.29, 1.82) is 0 Å². The Kier molecular flexibility index (Phi) is 6.74. The van der Waals surface area contributed by atoms with Gasteiger partial charge in [-0.25, -0.2) is 4.79 Å². The largest absolute Gasteiger partial charge is 0.509 e. The Morgan fingerprint density at radius 1 is 0.944 bits per heavy atom. The van der Waals surface area contributed by atoms with Gasteiger partial charge in [-0.15, -0.1) is 13.2 Å². The number of ether oxygens (including phenoxy) is 2. The maximum Gasteiger partial charge on any atom is 0.509 e. The van der Waals surface area contributed by atoms with E-state index >= 15 is 0 Å². The molecule has 0 spiro atoms. The molecule has 0 rings (SSSR count). The molecule has 18 heavy (non-hydrogen) atoms. The van der Waals surface area contributed by atoms with Gasteiger partial charge in [-0.3, -0.25) is 0 Å². The lowest BCUT2D eigenvalue weighted by Gasteiger charge is -2.29. The molecule has 0 unspecified atom stereocenters. The van der Waals surface area contributed by atoms with E-state index in [1.54, 1.807) is 0 Å². The Balaban J connectivity index is 4.23. The summed E-state index contributed by atoms with van der Waals surface area (Å²) in [5, 5.41) is 0. The van der Waals surface area contributed by atoms with Gasteiger partial charge in [-0.2, -0.15) is 0 Å². The Morgan fingerprint density at radius 3 is 1.56 bits per heavy atom. The summed E-state index contributed by atoms with van der Waals surface area (Å²) in [6, 6.07) is 0. The molecule has 0 heterocycles. The van der Waals surface area contributed by atoms with Crippen LogP contribution in [0.5, 0.6) is 0 Å². The van der Waals surface area contributed by atoms with Crippen molar-refractivity contribution in [3.8, 4) is 0 Å². The van der Waals surface area contributed by atoms with Crippen LogP contribution in [0, 0.1) is 0 Å². The van der Waals surface area contributed by atoms with Crippen LogP contribution in [0.1, 0.15) is 53.4 Å². The van der Waals surface area contributed by atoms with Crippen molar-refractivity contribution in [2.24, 2.45) is 0 Å². The first-order chi connectivity index (χ1) is 8.22. The van der Waals surface area contributed by atoms with E-state index in [0.29, 0.717) is 0 Å². The molecule has 0 radical (unpaired) electrons. The summed E-state index contributed by atoms with van der Waals surface area (Å²) in [5.41, 5.74) is -1.06. The molecule has 104 valence electrons. The lowest BCUT2D eigenvalue weighted by atomic mass is 10.0. The molecule has 0 aliphatic rings. The Bertz CT molecular complexity index is 262. The van der Waals surface area contributed by atoms with Crippen LogP contribution in [0.4, 0.5) is 4.79 Å². The lowest BCUT2D eigenvalue weighted by Crippen LogP contribution is -2.34. The van der Waals surface area contributed by atoms with Crippen molar-refractivity contribution >= 4 is 6.16 Å². The van der Waals surface area contributed by atoms with Crippen LogP contribution in [-0.4, -0.2) is 17.4 Å². The SMILES string of the molecule is C=CCCC(C)(C)OC(=O)OC(C)(C)CCC=C. The first-order valence-corrected chi connectivity index (χ1v) is 6.36. The fraction of sp³-hybridized carbons (Fsp3) is 0.667. The quantitative estimate of drug-likeness (QED) is 0.468. The zero-order chi connectivity index (χ0) is 14.2. The molecule has 0 amide bonds. The van der Waals surface area contributed by atoms with E-state index in [-0.39, 0.29) is 0 Å². The van der Waals surface area contributed by atoms with Gasteiger partial charge < -0.3 is 9.47 Å². The van der Waals surface area contributed by atoms with Gasteiger partial charge in [0.2, 0.25) is 0 Å². The van der Waals surface area contributed by atoms with Gasteiger partial charge in [0.15, 0.2) is 0 Å². The summed E-state index contributed by atoms with van der Waals surface area (Å²) in [6.45, 7) is 14.8. The van der Waals surface area contributed by atoms with Crippen LogP contribution in [0.2, 0.25) is 0 Å². The van der Waals surface area contributed by atoms with E-state index in [0.717, 1.165) is 25.7 Å². The smallest absolute Gasteiger partial charge is 0.428 e. The maximum atomic E-state index is 11.7. The number of rotatable bonds is 8. The van der Waals surface area contributed by atoms with Crippen LogP contribution >= 0.6 is 0 Å². The van der Waals surface area contributed by atoms with Gasteiger partial charge >= 0.3 is 6.16 Å². The molecule has 0 bridgehead atoms. The molecular formula is C15H26O3. The number of hydrogen-bond acceptors (Lipinski definition) is 3. The summed E-state index contributed by atoms with van der Waals surface area (Å²) in [7, 11) is 0. The van der Waals surface area contributed by atoms with E-state index in [4.69, 9.17) is 9.47 Å². The predicted octanol–water partition coefficient (Wildman–Crippen LogP) is 4.63. The normalized spacial score (nSPS) is 11.8. The van der Waals surface area contributed by atoms with Crippen LogP contribution < -0.4 is 0 Å². The van der Waals surface area contributed by atoms with Gasteiger partial charge in [0.05, 0.1) is 0 Å². The number of allylic oxidation sites excluding steroid dienone is 2. The minimum absolute atomic E-state index is 0.528. The Morgan fingerprint density at radius 2 is 1.28 bits per heavy atom. The van der Waals surface area contributed by atoms with Gasteiger partial charge in [-0.1, -0.05) is 12.2 Å². The van der Waals surface area contributed by atoms with Crippen molar-refractivity contribution in [3.63, 3.8) is 0 Å². The second kappa shape index (κ2) is 7.24. The zero-order valence-electron chi connectivity index (χ0n) is 12.1. The van der Waals surface area contributed by atoms with Gasteiger partial charge in [0.25, 0.3) is 0 Å². The highest BCUT2D eigenvalue weighted by Crippen LogP contribution is 2.22. The van der Waals surface area contributed by atoms with Gasteiger partial charge in [0, 0.05) is 0 Å². The van der Waals surface area contributed by atoms with E-state index in [9.17, 15) is 4.79 Å². The highest BCUT2D eigenvalue weighted by Gasteiger charge is 2.28. The highest BCUT2D eigenvalue weighted by molar-refractivity contribution is 5.61.